The first kappa shape index (κ1) is 13.4. The van der Waals surface area contributed by atoms with Crippen molar-refractivity contribution in [3.63, 3.8) is 0 Å². The van der Waals surface area contributed by atoms with E-state index in [1.54, 1.807) is 18.2 Å². The standard InChI is InChI=1S/C14H12ClFN2O/c15-11-4-5-12(16)13(7-11)18-8-9-2-1-3-10(6-9)14(17)19/h1-7,18H,8H2,(H2,17,19). The second-order valence-electron chi connectivity index (χ2n) is 4.04. The van der Waals surface area contributed by atoms with Gasteiger partial charge in [-0.1, -0.05) is 23.7 Å². The van der Waals surface area contributed by atoms with Crippen LogP contribution in [0.25, 0.3) is 0 Å². The predicted octanol–water partition coefficient (Wildman–Crippen LogP) is 3.19. The maximum atomic E-state index is 13.5. The van der Waals surface area contributed by atoms with Gasteiger partial charge in [0.1, 0.15) is 5.82 Å². The van der Waals surface area contributed by atoms with Crippen molar-refractivity contribution in [3.8, 4) is 0 Å². The van der Waals surface area contributed by atoms with E-state index in [1.807, 2.05) is 6.07 Å². The molecule has 2 rings (SSSR count). The summed E-state index contributed by atoms with van der Waals surface area (Å²) in [6.07, 6.45) is 0. The summed E-state index contributed by atoms with van der Waals surface area (Å²) in [7, 11) is 0. The Bertz CT molecular complexity index is 616. The predicted molar refractivity (Wildman–Crippen MR) is 73.7 cm³/mol. The summed E-state index contributed by atoms with van der Waals surface area (Å²) in [6.45, 7) is 0.373. The maximum absolute atomic E-state index is 13.5. The van der Waals surface area contributed by atoms with Gasteiger partial charge in [0.15, 0.2) is 0 Å². The van der Waals surface area contributed by atoms with Crippen LogP contribution in [-0.2, 0) is 6.54 Å². The average molecular weight is 279 g/mol. The highest BCUT2D eigenvalue weighted by molar-refractivity contribution is 6.30. The second kappa shape index (κ2) is 5.71. The van der Waals surface area contributed by atoms with E-state index in [-0.39, 0.29) is 5.82 Å². The van der Waals surface area contributed by atoms with Gasteiger partial charge in [-0.25, -0.2) is 4.39 Å². The molecule has 0 unspecified atom stereocenters. The van der Waals surface area contributed by atoms with E-state index in [1.165, 1.54) is 18.2 Å². The summed E-state index contributed by atoms with van der Waals surface area (Å²) in [6, 6.07) is 11.1. The van der Waals surface area contributed by atoms with Crippen molar-refractivity contribution in [1.29, 1.82) is 0 Å². The van der Waals surface area contributed by atoms with E-state index in [0.717, 1.165) is 5.56 Å². The number of hydrogen-bond acceptors (Lipinski definition) is 2. The third-order valence-corrected chi connectivity index (χ3v) is 2.86. The summed E-state index contributed by atoms with van der Waals surface area (Å²) in [4.78, 5) is 11.1. The van der Waals surface area contributed by atoms with Crippen molar-refractivity contribution < 1.29 is 9.18 Å². The molecule has 1 amide bonds. The Morgan fingerprint density at radius 3 is 2.79 bits per heavy atom. The fraction of sp³-hybridized carbons (Fsp3) is 0.0714. The van der Waals surface area contributed by atoms with Crippen LogP contribution >= 0.6 is 11.6 Å². The topological polar surface area (TPSA) is 55.1 Å². The zero-order chi connectivity index (χ0) is 13.8. The van der Waals surface area contributed by atoms with Crippen LogP contribution in [0.5, 0.6) is 0 Å². The summed E-state index contributed by atoms with van der Waals surface area (Å²) >= 11 is 5.80. The van der Waals surface area contributed by atoms with Gasteiger partial charge in [-0.15, -0.1) is 0 Å². The number of nitrogens with two attached hydrogens (primary N) is 1. The summed E-state index contributed by atoms with van der Waals surface area (Å²) in [5, 5.41) is 3.38. The van der Waals surface area contributed by atoms with Gasteiger partial charge < -0.3 is 11.1 Å². The minimum Gasteiger partial charge on any atom is -0.379 e. The minimum absolute atomic E-state index is 0.317. The highest BCUT2D eigenvalue weighted by Crippen LogP contribution is 2.20. The molecular weight excluding hydrogens is 267 g/mol. The smallest absolute Gasteiger partial charge is 0.248 e. The highest BCUT2D eigenvalue weighted by Gasteiger charge is 2.04. The maximum Gasteiger partial charge on any atom is 0.248 e. The van der Waals surface area contributed by atoms with Crippen LogP contribution in [0.4, 0.5) is 10.1 Å². The molecule has 2 aromatic rings. The summed E-state index contributed by atoms with van der Waals surface area (Å²) in [5.41, 5.74) is 6.77. The largest absolute Gasteiger partial charge is 0.379 e. The number of benzene rings is 2. The van der Waals surface area contributed by atoms with Crippen molar-refractivity contribution in [2.24, 2.45) is 5.73 Å². The van der Waals surface area contributed by atoms with Crippen LogP contribution in [0.1, 0.15) is 15.9 Å². The Morgan fingerprint density at radius 2 is 2.05 bits per heavy atom. The SMILES string of the molecule is NC(=O)c1cccc(CNc2cc(Cl)ccc2F)c1. The molecule has 0 fully saturated rings. The first-order valence-electron chi connectivity index (χ1n) is 5.64. The van der Waals surface area contributed by atoms with E-state index in [2.05, 4.69) is 5.32 Å². The molecule has 3 nitrogen and oxygen atoms in total. The molecule has 0 aliphatic carbocycles. The molecule has 3 N–H and O–H groups in total. The Labute approximate surface area is 115 Å². The van der Waals surface area contributed by atoms with Crippen LogP contribution in [0.2, 0.25) is 5.02 Å². The van der Waals surface area contributed by atoms with Gasteiger partial charge >= 0.3 is 0 Å². The third kappa shape index (κ3) is 3.45. The van der Waals surface area contributed by atoms with Gasteiger partial charge in [0.2, 0.25) is 5.91 Å². The third-order valence-electron chi connectivity index (χ3n) is 2.62. The number of primary amides is 1. The fourth-order valence-corrected chi connectivity index (χ4v) is 1.84. The van der Waals surface area contributed by atoms with Crippen molar-refractivity contribution in [2.45, 2.75) is 6.54 Å². The van der Waals surface area contributed by atoms with Crippen LogP contribution in [0, 0.1) is 5.82 Å². The van der Waals surface area contributed by atoms with Crippen molar-refractivity contribution >= 4 is 23.2 Å². The van der Waals surface area contributed by atoms with E-state index in [4.69, 9.17) is 17.3 Å². The minimum atomic E-state index is -0.490. The average Bonchev–Trinajstić information content (AvgIpc) is 2.40. The van der Waals surface area contributed by atoms with Gasteiger partial charge in [-0.2, -0.15) is 0 Å². The van der Waals surface area contributed by atoms with Crippen LogP contribution in [-0.4, -0.2) is 5.91 Å². The number of carbonyl (C=O) groups excluding carboxylic acids is 1. The van der Waals surface area contributed by atoms with Gasteiger partial charge in [-0.3, -0.25) is 4.79 Å². The molecule has 0 aliphatic rings. The van der Waals surface area contributed by atoms with Crippen molar-refractivity contribution in [2.75, 3.05) is 5.32 Å². The number of amides is 1. The zero-order valence-corrected chi connectivity index (χ0v) is 10.7. The van der Waals surface area contributed by atoms with Crippen molar-refractivity contribution in [3.05, 3.63) is 64.4 Å². The second-order valence-corrected chi connectivity index (χ2v) is 4.48. The fourth-order valence-electron chi connectivity index (χ4n) is 1.66. The number of nitrogens with one attached hydrogen (secondary N) is 1. The molecule has 5 heteroatoms. The Hall–Kier alpha value is -2.07. The number of hydrogen-bond donors (Lipinski definition) is 2. The summed E-state index contributed by atoms with van der Waals surface area (Å²) < 4.78 is 13.5. The molecule has 0 atom stereocenters. The molecule has 0 saturated carbocycles. The van der Waals surface area contributed by atoms with Gasteiger partial charge in [-0.05, 0) is 35.9 Å². The molecule has 0 bridgehead atoms. The number of halogens is 2. The van der Waals surface area contributed by atoms with E-state index in [9.17, 15) is 9.18 Å². The molecule has 19 heavy (non-hydrogen) atoms. The molecule has 0 radical (unpaired) electrons. The number of anilines is 1. The number of carbonyl (C=O) groups is 1. The van der Waals surface area contributed by atoms with Gasteiger partial charge in [0.25, 0.3) is 0 Å². The Morgan fingerprint density at radius 1 is 1.26 bits per heavy atom. The molecule has 0 saturated heterocycles. The molecule has 0 aliphatic heterocycles. The Kier molecular flexibility index (Phi) is 4.02. The Balaban J connectivity index is 2.12. The zero-order valence-electron chi connectivity index (χ0n) is 9.99. The van der Waals surface area contributed by atoms with E-state index < -0.39 is 5.91 Å². The quantitative estimate of drug-likeness (QED) is 0.902. The first-order valence-corrected chi connectivity index (χ1v) is 6.02. The van der Waals surface area contributed by atoms with Crippen molar-refractivity contribution in [1.82, 2.24) is 0 Å². The summed E-state index contributed by atoms with van der Waals surface area (Å²) in [5.74, 6) is -0.869. The van der Waals surface area contributed by atoms with Gasteiger partial charge in [0.05, 0.1) is 5.69 Å². The molecule has 0 aromatic heterocycles. The number of rotatable bonds is 4. The lowest BCUT2D eigenvalue weighted by molar-refractivity contribution is 0.1000. The first-order chi connectivity index (χ1) is 9.06. The lowest BCUT2D eigenvalue weighted by Gasteiger charge is -2.08. The monoisotopic (exact) mass is 278 g/mol. The van der Waals surface area contributed by atoms with Crippen LogP contribution < -0.4 is 11.1 Å². The molecular formula is C14H12ClFN2O. The lowest BCUT2D eigenvalue weighted by atomic mass is 10.1. The van der Waals surface area contributed by atoms with Gasteiger partial charge in [0, 0.05) is 17.1 Å². The molecule has 0 heterocycles. The highest BCUT2D eigenvalue weighted by atomic mass is 35.5. The normalized spacial score (nSPS) is 10.2. The van der Waals surface area contributed by atoms with Crippen LogP contribution in [0.15, 0.2) is 42.5 Å². The molecule has 0 spiro atoms. The molecule has 98 valence electrons. The van der Waals surface area contributed by atoms with E-state index >= 15 is 0 Å². The lowest BCUT2D eigenvalue weighted by Crippen LogP contribution is -2.11. The molecule has 2 aromatic carbocycles. The van der Waals surface area contributed by atoms with E-state index in [0.29, 0.717) is 22.8 Å². The van der Waals surface area contributed by atoms with Crippen LogP contribution in [0.3, 0.4) is 0 Å².